The summed E-state index contributed by atoms with van der Waals surface area (Å²) in [4.78, 5) is 14.1. The molecule has 0 aliphatic heterocycles. The molecular formula is C20H32N2O5. The molecule has 0 bridgehead atoms. The standard InChI is InChI=1S/C20H32N2O5/c1-14(15-12-16(25-3)18(27-5)17(13-15)26-4)21-19(23)22(2)11-10-20(24)8-6-7-9-20/h12-14,24H,6-11H2,1-5H3,(H,21,23)/t14-/m1/s1. The van der Waals surface area contributed by atoms with Gasteiger partial charge in [-0.3, -0.25) is 0 Å². The van der Waals surface area contributed by atoms with Gasteiger partial charge >= 0.3 is 6.03 Å². The lowest BCUT2D eigenvalue weighted by atomic mass is 9.98. The Bertz CT molecular complexity index is 618. The summed E-state index contributed by atoms with van der Waals surface area (Å²) in [7, 11) is 6.42. The monoisotopic (exact) mass is 380 g/mol. The first kappa shape index (κ1) is 21.2. The van der Waals surface area contributed by atoms with E-state index in [0.717, 1.165) is 31.2 Å². The summed E-state index contributed by atoms with van der Waals surface area (Å²) in [6, 6.07) is 3.22. The maximum absolute atomic E-state index is 12.5. The van der Waals surface area contributed by atoms with Crippen LogP contribution in [0, 0.1) is 0 Å². The van der Waals surface area contributed by atoms with Crippen molar-refractivity contribution >= 4 is 6.03 Å². The molecule has 0 saturated heterocycles. The zero-order chi connectivity index (χ0) is 20.0. The number of ether oxygens (including phenoxy) is 3. The number of amides is 2. The van der Waals surface area contributed by atoms with Crippen molar-refractivity contribution in [3.63, 3.8) is 0 Å². The minimum atomic E-state index is -0.614. The normalized spacial score (nSPS) is 16.5. The van der Waals surface area contributed by atoms with Gasteiger partial charge in [-0.25, -0.2) is 4.79 Å². The van der Waals surface area contributed by atoms with E-state index >= 15 is 0 Å². The van der Waals surface area contributed by atoms with E-state index < -0.39 is 5.60 Å². The van der Waals surface area contributed by atoms with Gasteiger partial charge < -0.3 is 29.5 Å². The molecule has 0 unspecified atom stereocenters. The first-order valence-electron chi connectivity index (χ1n) is 9.37. The van der Waals surface area contributed by atoms with Crippen LogP contribution in [-0.2, 0) is 0 Å². The second kappa shape index (κ2) is 9.17. The molecule has 7 nitrogen and oxygen atoms in total. The van der Waals surface area contributed by atoms with E-state index in [9.17, 15) is 9.90 Å². The molecule has 0 heterocycles. The molecule has 2 N–H and O–H groups in total. The third kappa shape index (κ3) is 5.19. The highest BCUT2D eigenvalue weighted by atomic mass is 16.5. The second-order valence-electron chi connectivity index (χ2n) is 7.23. The molecule has 0 aromatic heterocycles. The lowest BCUT2D eigenvalue weighted by Gasteiger charge is -2.27. The predicted molar refractivity (Wildman–Crippen MR) is 104 cm³/mol. The van der Waals surface area contributed by atoms with Gasteiger partial charge in [-0.1, -0.05) is 12.8 Å². The Hall–Kier alpha value is -2.15. The molecular weight excluding hydrogens is 348 g/mol. The largest absolute Gasteiger partial charge is 0.493 e. The minimum Gasteiger partial charge on any atom is -0.493 e. The first-order valence-corrected chi connectivity index (χ1v) is 9.37. The molecule has 1 aromatic rings. The van der Waals surface area contributed by atoms with Crippen LogP contribution in [0.5, 0.6) is 17.2 Å². The van der Waals surface area contributed by atoms with Gasteiger partial charge in [0.2, 0.25) is 5.75 Å². The molecule has 27 heavy (non-hydrogen) atoms. The van der Waals surface area contributed by atoms with Crippen molar-refractivity contribution in [2.45, 2.75) is 50.7 Å². The van der Waals surface area contributed by atoms with E-state index in [-0.39, 0.29) is 12.1 Å². The van der Waals surface area contributed by atoms with Gasteiger partial charge in [0, 0.05) is 13.6 Å². The van der Waals surface area contributed by atoms with Gasteiger partial charge in [0.15, 0.2) is 11.5 Å². The quantitative estimate of drug-likeness (QED) is 0.724. The Labute approximate surface area is 161 Å². The number of carbonyl (C=O) groups is 1. The molecule has 1 saturated carbocycles. The van der Waals surface area contributed by atoms with E-state index in [1.165, 1.54) is 0 Å². The van der Waals surface area contributed by atoms with Crippen molar-refractivity contribution in [2.75, 3.05) is 34.9 Å². The highest BCUT2D eigenvalue weighted by molar-refractivity contribution is 5.74. The van der Waals surface area contributed by atoms with Crippen molar-refractivity contribution in [1.82, 2.24) is 10.2 Å². The second-order valence-corrected chi connectivity index (χ2v) is 7.23. The van der Waals surface area contributed by atoms with Crippen molar-refractivity contribution in [2.24, 2.45) is 0 Å². The highest BCUT2D eigenvalue weighted by Crippen LogP contribution is 2.39. The van der Waals surface area contributed by atoms with Crippen LogP contribution < -0.4 is 19.5 Å². The number of aliphatic hydroxyl groups is 1. The van der Waals surface area contributed by atoms with Gasteiger partial charge in [-0.2, -0.15) is 0 Å². The van der Waals surface area contributed by atoms with E-state index in [0.29, 0.717) is 30.2 Å². The average molecular weight is 380 g/mol. The third-order valence-corrected chi connectivity index (χ3v) is 5.32. The Morgan fingerprint density at radius 3 is 2.22 bits per heavy atom. The number of methoxy groups -OCH3 is 3. The molecule has 2 amide bonds. The number of benzene rings is 1. The van der Waals surface area contributed by atoms with Crippen molar-refractivity contribution in [1.29, 1.82) is 0 Å². The number of nitrogens with zero attached hydrogens (tertiary/aromatic N) is 1. The van der Waals surface area contributed by atoms with E-state index in [4.69, 9.17) is 14.2 Å². The maximum Gasteiger partial charge on any atom is 0.317 e. The number of carbonyl (C=O) groups excluding carboxylic acids is 1. The van der Waals surface area contributed by atoms with E-state index in [1.807, 2.05) is 19.1 Å². The molecule has 7 heteroatoms. The maximum atomic E-state index is 12.5. The molecule has 2 rings (SSSR count). The van der Waals surface area contributed by atoms with Gasteiger partial charge in [0.1, 0.15) is 0 Å². The Morgan fingerprint density at radius 2 is 1.74 bits per heavy atom. The summed E-state index contributed by atoms with van der Waals surface area (Å²) in [5.74, 6) is 1.61. The van der Waals surface area contributed by atoms with Gasteiger partial charge in [-0.15, -0.1) is 0 Å². The summed E-state index contributed by atoms with van der Waals surface area (Å²) >= 11 is 0. The number of hydrogen-bond donors (Lipinski definition) is 2. The van der Waals surface area contributed by atoms with Crippen molar-refractivity contribution in [3.05, 3.63) is 17.7 Å². The molecule has 0 spiro atoms. The molecule has 1 atom stereocenters. The van der Waals surface area contributed by atoms with Crippen molar-refractivity contribution in [3.8, 4) is 17.2 Å². The molecule has 1 aliphatic rings. The zero-order valence-electron chi connectivity index (χ0n) is 17.0. The van der Waals surface area contributed by atoms with Gasteiger partial charge in [0.05, 0.1) is 33.0 Å². The number of urea groups is 1. The first-order chi connectivity index (χ1) is 12.8. The van der Waals surface area contributed by atoms with Crippen molar-refractivity contribution < 1.29 is 24.1 Å². The SMILES string of the molecule is COc1cc([C@@H](C)NC(=O)N(C)CCC2(O)CCCC2)cc(OC)c1OC. The van der Waals surface area contributed by atoms with Gasteiger partial charge in [0.25, 0.3) is 0 Å². The Morgan fingerprint density at radius 1 is 1.19 bits per heavy atom. The van der Waals surface area contributed by atoms with Gasteiger partial charge in [-0.05, 0) is 43.9 Å². The molecule has 0 radical (unpaired) electrons. The van der Waals surface area contributed by atoms with Crippen LogP contribution in [0.3, 0.4) is 0 Å². The minimum absolute atomic E-state index is 0.183. The smallest absolute Gasteiger partial charge is 0.317 e. The third-order valence-electron chi connectivity index (χ3n) is 5.32. The zero-order valence-corrected chi connectivity index (χ0v) is 17.0. The molecule has 1 fully saturated rings. The predicted octanol–water partition coefficient (Wildman–Crippen LogP) is 3.11. The highest BCUT2D eigenvalue weighted by Gasteiger charge is 2.31. The lowest BCUT2D eigenvalue weighted by molar-refractivity contribution is 0.0330. The van der Waals surface area contributed by atoms with Crippen LogP contribution in [-0.4, -0.2) is 56.6 Å². The van der Waals surface area contributed by atoms with E-state index in [1.54, 1.807) is 33.3 Å². The topological polar surface area (TPSA) is 80.3 Å². The summed E-state index contributed by atoms with van der Waals surface area (Å²) < 4.78 is 16.1. The van der Waals surface area contributed by atoms with E-state index in [2.05, 4.69) is 5.32 Å². The molecule has 152 valence electrons. The lowest BCUT2D eigenvalue weighted by Crippen LogP contribution is -2.41. The van der Waals surface area contributed by atoms with Crippen LogP contribution >= 0.6 is 0 Å². The fourth-order valence-electron chi connectivity index (χ4n) is 3.49. The van der Waals surface area contributed by atoms with Crippen LogP contribution in [0.2, 0.25) is 0 Å². The summed E-state index contributed by atoms with van der Waals surface area (Å²) in [5, 5.41) is 13.4. The molecule has 1 aromatic carbocycles. The Balaban J connectivity index is 2.00. The number of hydrogen-bond acceptors (Lipinski definition) is 5. The number of rotatable bonds is 8. The summed E-state index contributed by atoms with van der Waals surface area (Å²) in [6.45, 7) is 2.42. The van der Waals surface area contributed by atoms with Crippen LogP contribution in [0.15, 0.2) is 12.1 Å². The Kier molecular flexibility index (Phi) is 7.18. The van der Waals surface area contributed by atoms with Crippen LogP contribution in [0.25, 0.3) is 0 Å². The number of nitrogens with one attached hydrogen (secondary N) is 1. The fourth-order valence-corrected chi connectivity index (χ4v) is 3.49. The summed E-state index contributed by atoms with van der Waals surface area (Å²) in [6.07, 6.45) is 4.37. The molecule has 1 aliphatic carbocycles. The average Bonchev–Trinajstić information content (AvgIpc) is 3.11. The van der Waals surface area contributed by atoms with Crippen LogP contribution in [0.1, 0.15) is 50.6 Å². The van der Waals surface area contributed by atoms with Crippen LogP contribution in [0.4, 0.5) is 4.79 Å². The summed E-state index contributed by atoms with van der Waals surface area (Å²) in [5.41, 5.74) is 0.234. The fraction of sp³-hybridized carbons (Fsp3) is 0.650.